The molecule has 150 valence electrons. The number of hydrogen-bond acceptors (Lipinski definition) is 6. The van der Waals surface area contributed by atoms with Gasteiger partial charge in [0.25, 0.3) is 5.95 Å². The Balaban J connectivity index is 1.30. The van der Waals surface area contributed by atoms with E-state index in [1.165, 1.54) is 12.1 Å². The van der Waals surface area contributed by atoms with Crippen LogP contribution in [-0.2, 0) is 6.42 Å². The Hall–Kier alpha value is -2.38. The molecule has 1 aliphatic heterocycles. The van der Waals surface area contributed by atoms with Crippen molar-refractivity contribution in [3.63, 3.8) is 0 Å². The maximum Gasteiger partial charge on any atom is 0.258 e. The number of nitrogens with zero attached hydrogens (tertiary/aromatic N) is 2. The lowest BCUT2D eigenvalue weighted by molar-refractivity contribution is 0.0309. The fourth-order valence-corrected chi connectivity index (χ4v) is 4.62. The summed E-state index contributed by atoms with van der Waals surface area (Å²) in [6, 6.07) is 10.5. The number of methoxy groups -OCH3 is 1. The molecule has 0 bridgehead atoms. The van der Waals surface area contributed by atoms with Gasteiger partial charge in [-0.2, -0.15) is 9.37 Å². The molecule has 1 aromatic heterocycles. The fraction of sp³-hybridized carbons (Fsp3) is 0.476. The van der Waals surface area contributed by atoms with E-state index < -0.39 is 17.3 Å². The minimum absolute atomic E-state index is 0.155. The van der Waals surface area contributed by atoms with Crippen molar-refractivity contribution in [3.05, 3.63) is 47.9 Å². The number of benzene rings is 1. The number of aliphatic hydroxyl groups is 1. The van der Waals surface area contributed by atoms with Crippen LogP contribution in [0.1, 0.15) is 18.4 Å². The summed E-state index contributed by atoms with van der Waals surface area (Å²) in [6.45, 7) is 2.00. The van der Waals surface area contributed by atoms with Crippen LogP contribution in [0.4, 0.5) is 4.39 Å². The van der Waals surface area contributed by atoms with E-state index in [4.69, 9.17) is 9.47 Å². The second-order valence-corrected chi connectivity index (χ2v) is 7.95. The number of hydrogen-bond donors (Lipinski definition) is 2. The lowest BCUT2D eigenvalue weighted by atomic mass is 9.91. The third kappa shape index (κ3) is 4.05. The van der Waals surface area contributed by atoms with Gasteiger partial charge in [-0.05, 0) is 48.4 Å². The Morgan fingerprint density at radius 2 is 1.96 bits per heavy atom. The second-order valence-electron chi connectivity index (χ2n) is 7.95. The summed E-state index contributed by atoms with van der Waals surface area (Å²) in [5.74, 6) is 0.382. The highest BCUT2D eigenvalue weighted by Gasteiger charge is 2.48. The van der Waals surface area contributed by atoms with Crippen LogP contribution in [-0.4, -0.2) is 52.6 Å². The number of pyridine rings is 1. The van der Waals surface area contributed by atoms with Crippen LogP contribution in [0.25, 0.3) is 0 Å². The van der Waals surface area contributed by atoms with Gasteiger partial charge in [0.15, 0.2) is 5.75 Å². The van der Waals surface area contributed by atoms with Crippen molar-refractivity contribution in [1.82, 2.24) is 9.88 Å². The predicted molar refractivity (Wildman–Crippen MR) is 101 cm³/mol. The fourth-order valence-electron chi connectivity index (χ4n) is 4.62. The van der Waals surface area contributed by atoms with E-state index in [9.17, 15) is 14.6 Å². The third-order valence-corrected chi connectivity index (χ3v) is 5.80. The van der Waals surface area contributed by atoms with Crippen molar-refractivity contribution in [1.29, 1.82) is 0 Å². The van der Waals surface area contributed by atoms with E-state index in [-0.39, 0.29) is 5.88 Å². The van der Waals surface area contributed by atoms with Gasteiger partial charge in [-0.1, -0.05) is 12.1 Å². The van der Waals surface area contributed by atoms with Gasteiger partial charge >= 0.3 is 0 Å². The Kier molecular flexibility index (Phi) is 5.12. The maximum absolute atomic E-state index is 13.3. The molecule has 2 fully saturated rings. The zero-order valence-electron chi connectivity index (χ0n) is 15.8. The standard InChI is InChI=1S/C21H25FN2O4/c1-27-17-4-2-3-14(7-17)8-21(26)9-15-11-24(12-16(15)10-21)13-28-19-6-5-18(25)20(22)23-19/h2-7,15-16,25-26H,8-13H2,1H3/t15-,16+,21?. The molecule has 1 aromatic carbocycles. The van der Waals surface area contributed by atoms with Crippen LogP contribution in [0, 0.1) is 17.8 Å². The molecule has 0 spiro atoms. The zero-order chi connectivity index (χ0) is 19.7. The lowest BCUT2D eigenvalue weighted by Crippen LogP contribution is -2.33. The van der Waals surface area contributed by atoms with E-state index in [0.29, 0.717) is 25.0 Å². The molecule has 4 rings (SSSR count). The number of fused-ring (bicyclic) bond motifs is 1. The third-order valence-electron chi connectivity index (χ3n) is 5.80. The summed E-state index contributed by atoms with van der Waals surface area (Å²) in [5, 5.41) is 20.3. The van der Waals surface area contributed by atoms with E-state index in [1.807, 2.05) is 24.3 Å². The van der Waals surface area contributed by atoms with E-state index in [1.54, 1.807) is 7.11 Å². The molecule has 1 aliphatic carbocycles. The first-order valence-corrected chi connectivity index (χ1v) is 9.50. The van der Waals surface area contributed by atoms with Crippen LogP contribution in [0.15, 0.2) is 36.4 Å². The largest absolute Gasteiger partial charge is 0.504 e. The minimum atomic E-state index is -0.932. The van der Waals surface area contributed by atoms with E-state index in [2.05, 4.69) is 9.88 Å². The van der Waals surface area contributed by atoms with Gasteiger partial charge in [0.1, 0.15) is 12.5 Å². The first-order chi connectivity index (χ1) is 13.4. The molecule has 1 unspecified atom stereocenters. The highest BCUT2D eigenvalue weighted by molar-refractivity contribution is 5.30. The highest BCUT2D eigenvalue weighted by Crippen LogP contribution is 2.45. The van der Waals surface area contributed by atoms with Gasteiger partial charge in [0.2, 0.25) is 5.88 Å². The summed E-state index contributed by atoms with van der Waals surface area (Å²) in [6.07, 6.45) is 2.15. The lowest BCUT2D eigenvalue weighted by Gasteiger charge is -2.26. The summed E-state index contributed by atoms with van der Waals surface area (Å²) in [7, 11) is 1.65. The maximum atomic E-state index is 13.3. The first-order valence-electron chi connectivity index (χ1n) is 9.50. The monoisotopic (exact) mass is 388 g/mol. The van der Waals surface area contributed by atoms with Crippen LogP contribution in [0.3, 0.4) is 0 Å². The zero-order valence-corrected chi connectivity index (χ0v) is 15.8. The molecule has 2 heterocycles. The van der Waals surface area contributed by atoms with Gasteiger partial charge in [0.05, 0.1) is 12.7 Å². The number of aromatic hydroxyl groups is 1. The van der Waals surface area contributed by atoms with Crippen LogP contribution in [0.5, 0.6) is 17.4 Å². The van der Waals surface area contributed by atoms with Gasteiger partial charge in [-0.3, -0.25) is 4.90 Å². The summed E-state index contributed by atoms with van der Waals surface area (Å²) in [4.78, 5) is 5.73. The molecule has 2 aliphatic rings. The summed E-state index contributed by atoms with van der Waals surface area (Å²) < 4.78 is 24.1. The average molecular weight is 388 g/mol. The smallest absolute Gasteiger partial charge is 0.258 e. The molecule has 0 amide bonds. The van der Waals surface area contributed by atoms with Gasteiger partial charge in [-0.15, -0.1) is 0 Å². The molecule has 0 radical (unpaired) electrons. The normalized spacial score (nSPS) is 27.0. The molecule has 2 N–H and O–H groups in total. The molecule has 6 nitrogen and oxygen atoms in total. The average Bonchev–Trinajstić information content (AvgIpc) is 3.17. The highest BCUT2D eigenvalue weighted by atomic mass is 19.1. The van der Waals surface area contributed by atoms with E-state index >= 15 is 0 Å². The van der Waals surface area contributed by atoms with Crippen LogP contribution >= 0.6 is 0 Å². The van der Waals surface area contributed by atoms with Crippen molar-refractivity contribution in [3.8, 4) is 17.4 Å². The van der Waals surface area contributed by atoms with Crippen molar-refractivity contribution < 1.29 is 24.1 Å². The number of halogens is 1. The first kappa shape index (κ1) is 19.0. The Labute approximate surface area is 163 Å². The molecular formula is C21H25FN2O4. The summed E-state index contributed by atoms with van der Waals surface area (Å²) >= 11 is 0. The molecular weight excluding hydrogens is 363 g/mol. The van der Waals surface area contributed by atoms with Gasteiger partial charge in [-0.25, -0.2) is 0 Å². The van der Waals surface area contributed by atoms with Crippen molar-refractivity contribution in [2.75, 3.05) is 26.9 Å². The quantitative estimate of drug-likeness (QED) is 0.741. The van der Waals surface area contributed by atoms with Crippen molar-refractivity contribution in [2.24, 2.45) is 11.8 Å². The topological polar surface area (TPSA) is 75.1 Å². The Morgan fingerprint density at radius 1 is 1.21 bits per heavy atom. The van der Waals surface area contributed by atoms with Crippen LogP contribution < -0.4 is 9.47 Å². The number of likely N-dealkylation sites (tertiary alicyclic amines) is 1. The number of ether oxygens (including phenoxy) is 2. The molecule has 7 heteroatoms. The molecule has 1 saturated heterocycles. The molecule has 2 aromatic rings. The molecule has 1 saturated carbocycles. The number of aromatic nitrogens is 1. The van der Waals surface area contributed by atoms with Gasteiger partial charge < -0.3 is 19.7 Å². The Morgan fingerprint density at radius 3 is 2.64 bits per heavy atom. The SMILES string of the molecule is COc1cccc(CC2(O)C[C@H]3CN(COc4ccc(O)c(F)n4)C[C@H]3C2)c1. The Bertz CT molecular complexity index is 833. The summed E-state index contributed by atoms with van der Waals surface area (Å²) in [5.41, 5.74) is 0.401. The van der Waals surface area contributed by atoms with Gasteiger partial charge in [0, 0.05) is 25.6 Å². The molecule has 28 heavy (non-hydrogen) atoms. The number of rotatable bonds is 6. The minimum Gasteiger partial charge on any atom is -0.504 e. The predicted octanol–water partition coefficient (Wildman–Crippen LogP) is 2.59. The molecule has 3 atom stereocenters. The van der Waals surface area contributed by atoms with E-state index in [0.717, 1.165) is 37.2 Å². The van der Waals surface area contributed by atoms with Crippen molar-refractivity contribution in [2.45, 2.75) is 24.9 Å². The van der Waals surface area contributed by atoms with Crippen LogP contribution in [0.2, 0.25) is 0 Å². The second kappa shape index (κ2) is 7.56. The van der Waals surface area contributed by atoms with Crippen molar-refractivity contribution >= 4 is 0 Å².